The molecule has 1 heterocycles. The summed E-state index contributed by atoms with van der Waals surface area (Å²) in [5.41, 5.74) is 2.57. The van der Waals surface area contributed by atoms with Crippen LogP contribution in [0, 0.1) is 0 Å². The number of rotatable bonds is 5. The number of anilines is 1. The third-order valence-electron chi connectivity index (χ3n) is 4.33. The highest BCUT2D eigenvalue weighted by molar-refractivity contribution is 7.16. The first-order chi connectivity index (χ1) is 13.0. The molecule has 2 aromatic carbocycles. The monoisotopic (exact) mass is 385 g/mol. The summed E-state index contributed by atoms with van der Waals surface area (Å²) in [4.78, 5) is 19.7. The minimum Gasteiger partial charge on any atom is -0.493 e. The Morgan fingerprint density at radius 2 is 1.74 bits per heavy atom. The number of thiazole rings is 1. The maximum Gasteiger partial charge on any atom is 0.279 e. The molecule has 1 aromatic heterocycles. The summed E-state index contributed by atoms with van der Waals surface area (Å²) in [6.07, 6.45) is 0. The quantitative estimate of drug-likeness (QED) is 0.674. The van der Waals surface area contributed by atoms with Gasteiger partial charge in [0.25, 0.3) is 5.91 Å². The highest BCUT2D eigenvalue weighted by Crippen LogP contribution is 2.33. The molecule has 0 fully saturated rings. The molecule has 0 atom stereocenters. The molecular formula is C20H23N3O3S. The van der Waals surface area contributed by atoms with Crippen LogP contribution in [0.5, 0.6) is 11.5 Å². The topological polar surface area (TPSA) is 56.1 Å². The van der Waals surface area contributed by atoms with E-state index in [1.807, 2.05) is 54.8 Å². The number of hydrogen-bond donors (Lipinski definition) is 0. The van der Waals surface area contributed by atoms with Gasteiger partial charge in [-0.25, -0.2) is 0 Å². The van der Waals surface area contributed by atoms with Gasteiger partial charge in [0.15, 0.2) is 16.3 Å². The van der Waals surface area contributed by atoms with Gasteiger partial charge in [0, 0.05) is 44.0 Å². The summed E-state index contributed by atoms with van der Waals surface area (Å²) >= 11 is 1.46. The summed E-state index contributed by atoms with van der Waals surface area (Å²) in [5, 5.41) is 0. The third-order valence-corrected chi connectivity index (χ3v) is 5.37. The molecule has 3 rings (SSSR count). The number of aromatic nitrogens is 1. The second-order valence-electron chi connectivity index (χ2n) is 6.16. The maximum absolute atomic E-state index is 12.7. The summed E-state index contributed by atoms with van der Waals surface area (Å²) < 4.78 is 13.8. The standard InChI is InChI=1S/C20H23N3O3S/c1-6-23-15-11-16(25-4)17(26-5)12-18(15)27-20(23)21-19(24)13-7-9-14(10-8-13)22(2)3/h7-12H,6H2,1-5H3. The van der Waals surface area contributed by atoms with Crippen molar-refractivity contribution in [1.82, 2.24) is 4.57 Å². The number of carbonyl (C=O) groups excluding carboxylic acids is 1. The highest BCUT2D eigenvalue weighted by Gasteiger charge is 2.13. The minimum atomic E-state index is -0.256. The van der Waals surface area contributed by atoms with Gasteiger partial charge in [-0.3, -0.25) is 4.79 Å². The van der Waals surface area contributed by atoms with E-state index in [2.05, 4.69) is 4.99 Å². The zero-order valence-corrected chi connectivity index (χ0v) is 17.0. The van der Waals surface area contributed by atoms with Crippen LogP contribution in [-0.2, 0) is 6.54 Å². The van der Waals surface area contributed by atoms with Crippen molar-refractivity contribution in [3.8, 4) is 11.5 Å². The Balaban J connectivity index is 2.08. The van der Waals surface area contributed by atoms with Gasteiger partial charge >= 0.3 is 0 Å². The van der Waals surface area contributed by atoms with Gasteiger partial charge in [-0.1, -0.05) is 11.3 Å². The summed E-state index contributed by atoms with van der Waals surface area (Å²) in [6.45, 7) is 2.72. The first-order valence-electron chi connectivity index (χ1n) is 8.60. The lowest BCUT2D eigenvalue weighted by atomic mass is 10.2. The molecule has 27 heavy (non-hydrogen) atoms. The lowest BCUT2D eigenvalue weighted by Crippen LogP contribution is -2.16. The van der Waals surface area contributed by atoms with E-state index in [-0.39, 0.29) is 5.91 Å². The molecule has 0 aliphatic carbocycles. The largest absolute Gasteiger partial charge is 0.493 e. The van der Waals surface area contributed by atoms with Crippen molar-refractivity contribution in [2.75, 3.05) is 33.2 Å². The summed E-state index contributed by atoms with van der Waals surface area (Å²) in [5.74, 6) is 1.06. The van der Waals surface area contributed by atoms with E-state index < -0.39 is 0 Å². The van der Waals surface area contributed by atoms with Crippen molar-refractivity contribution < 1.29 is 14.3 Å². The van der Waals surface area contributed by atoms with E-state index in [0.717, 1.165) is 15.9 Å². The van der Waals surface area contributed by atoms with Crippen LogP contribution in [-0.4, -0.2) is 38.8 Å². The fraction of sp³-hybridized carbons (Fsp3) is 0.300. The van der Waals surface area contributed by atoms with E-state index in [1.165, 1.54) is 11.3 Å². The molecule has 142 valence electrons. The van der Waals surface area contributed by atoms with Gasteiger partial charge in [-0.2, -0.15) is 4.99 Å². The van der Waals surface area contributed by atoms with Crippen molar-refractivity contribution in [3.63, 3.8) is 0 Å². The summed E-state index contributed by atoms with van der Waals surface area (Å²) in [6, 6.07) is 11.3. The Morgan fingerprint density at radius 1 is 1.11 bits per heavy atom. The molecule has 0 spiro atoms. The van der Waals surface area contributed by atoms with Gasteiger partial charge in [0.1, 0.15) is 0 Å². The molecule has 7 heteroatoms. The normalized spacial score (nSPS) is 11.7. The number of aryl methyl sites for hydroxylation is 1. The SMILES string of the molecule is CCn1c(=NC(=O)c2ccc(N(C)C)cc2)sc2cc(OC)c(OC)cc21. The lowest BCUT2D eigenvalue weighted by Gasteiger charge is -2.11. The molecule has 0 unspecified atom stereocenters. The van der Waals surface area contributed by atoms with Gasteiger partial charge < -0.3 is 18.9 Å². The third kappa shape index (κ3) is 3.68. The Kier molecular flexibility index (Phi) is 5.51. The molecule has 0 aliphatic heterocycles. The van der Waals surface area contributed by atoms with Crippen LogP contribution in [0.2, 0.25) is 0 Å². The predicted octanol–water partition coefficient (Wildman–Crippen LogP) is 3.55. The van der Waals surface area contributed by atoms with Crippen molar-refractivity contribution in [1.29, 1.82) is 0 Å². The lowest BCUT2D eigenvalue weighted by molar-refractivity contribution is 0.0998. The molecular weight excluding hydrogens is 362 g/mol. The number of methoxy groups -OCH3 is 2. The Hall–Kier alpha value is -2.80. The Morgan fingerprint density at radius 3 is 2.30 bits per heavy atom. The van der Waals surface area contributed by atoms with Crippen molar-refractivity contribution in [3.05, 3.63) is 46.8 Å². The predicted molar refractivity (Wildman–Crippen MR) is 109 cm³/mol. The van der Waals surface area contributed by atoms with E-state index >= 15 is 0 Å². The minimum absolute atomic E-state index is 0.256. The van der Waals surface area contributed by atoms with Crippen LogP contribution in [0.15, 0.2) is 41.4 Å². The number of amides is 1. The van der Waals surface area contributed by atoms with E-state index in [4.69, 9.17) is 9.47 Å². The molecule has 0 bridgehead atoms. The van der Waals surface area contributed by atoms with E-state index in [1.54, 1.807) is 26.4 Å². The maximum atomic E-state index is 12.7. The number of carbonyl (C=O) groups is 1. The molecule has 6 nitrogen and oxygen atoms in total. The Bertz CT molecular complexity index is 1030. The smallest absolute Gasteiger partial charge is 0.279 e. The van der Waals surface area contributed by atoms with Crippen LogP contribution < -0.4 is 19.2 Å². The zero-order chi connectivity index (χ0) is 19.6. The molecule has 0 radical (unpaired) electrons. The van der Waals surface area contributed by atoms with Crippen molar-refractivity contribution in [2.24, 2.45) is 4.99 Å². The van der Waals surface area contributed by atoms with Crippen LogP contribution in [0.1, 0.15) is 17.3 Å². The molecule has 1 amide bonds. The van der Waals surface area contributed by atoms with E-state index in [9.17, 15) is 4.79 Å². The van der Waals surface area contributed by atoms with Crippen molar-refractivity contribution in [2.45, 2.75) is 13.5 Å². The van der Waals surface area contributed by atoms with Gasteiger partial charge in [-0.15, -0.1) is 0 Å². The number of benzene rings is 2. The molecule has 0 aliphatic rings. The first kappa shape index (κ1) is 19.0. The fourth-order valence-corrected chi connectivity index (χ4v) is 3.94. The van der Waals surface area contributed by atoms with Gasteiger partial charge in [0.2, 0.25) is 0 Å². The van der Waals surface area contributed by atoms with Crippen LogP contribution in [0.4, 0.5) is 5.69 Å². The Labute approximate surface area is 162 Å². The van der Waals surface area contributed by atoms with E-state index in [0.29, 0.717) is 28.4 Å². The first-order valence-corrected chi connectivity index (χ1v) is 9.42. The second kappa shape index (κ2) is 7.84. The van der Waals surface area contributed by atoms with Gasteiger partial charge in [-0.05, 0) is 31.2 Å². The summed E-state index contributed by atoms with van der Waals surface area (Å²) in [7, 11) is 7.14. The number of fused-ring (bicyclic) bond motifs is 1. The van der Waals surface area contributed by atoms with Crippen LogP contribution in [0.25, 0.3) is 10.2 Å². The van der Waals surface area contributed by atoms with Crippen LogP contribution in [0.3, 0.4) is 0 Å². The zero-order valence-electron chi connectivity index (χ0n) is 16.1. The second-order valence-corrected chi connectivity index (χ2v) is 7.17. The molecule has 0 N–H and O–H groups in total. The number of ether oxygens (including phenoxy) is 2. The molecule has 0 saturated carbocycles. The van der Waals surface area contributed by atoms with Crippen molar-refractivity contribution >= 4 is 33.1 Å². The fourth-order valence-electron chi connectivity index (χ4n) is 2.84. The molecule has 3 aromatic rings. The number of nitrogens with zero attached hydrogens (tertiary/aromatic N) is 3. The average molecular weight is 385 g/mol. The van der Waals surface area contributed by atoms with Crippen LogP contribution >= 0.6 is 11.3 Å². The molecule has 0 saturated heterocycles. The van der Waals surface area contributed by atoms with Gasteiger partial charge in [0.05, 0.1) is 24.4 Å². The highest BCUT2D eigenvalue weighted by atomic mass is 32.1. The number of hydrogen-bond acceptors (Lipinski definition) is 5. The average Bonchev–Trinajstić information content (AvgIpc) is 3.02.